The number of carboxylic acids is 1. The standard InChI is InChI=1S/C23H23N3O4/c27-21(28)16-29-11-12-30-19-14-26(15-19)20-13-24-22(17-7-3-1-4-8-17)23(25-20)18-9-5-2-6-10-18/h1-10,13,19H,11-12,14-16H2,(H,27,28). The molecule has 1 N–H and O–H groups in total. The molecule has 1 fully saturated rings. The summed E-state index contributed by atoms with van der Waals surface area (Å²) in [5.74, 6) is -0.160. The van der Waals surface area contributed by atoms with Crippen LogP contribution in [0.5, 0.6) is 0 Å². The van der Waals surface area contributed by atoms with E-state index in [0.717, 1.165) is 28.3 Å². The maximum atomic E-state index is 10.4. The number of aliphatic carboxylic acids is 1. The summed E-state index contributed by atoms with van der Waals surface area (Å²) in [5, 5.41) is 8.55. The van der Waals surface area contributed by atoms with E-state index < -0.39 is 5.97 Å². The van der Waals surface area contributed by atoms with Gasteiger partial charge in [-0.25, -0.2) is 9.78 Å². The van der Waals surface area contributed by atoms with Crippen LogP contribution in [0, 0.1) is 0 Å². The minimum Gasteiger partial charge on any atom is -0.480 e. The molecule has 7 heteroatoms. The minimum atomic E-state index is -0.975. The Bertz CT molecular complexity index is 976. The molecule has 30 heavy (non-hydrogen) atoms. The quantitative estimate of drug-likeness (QED) is 0.548. The highest BCUT2D eigenvalue weighted by Gasteiger charge is 2.29. The van der Waals surface area contributed by atoms with Crippen LogP contribution >= 0.6 is 0 Å². The molecule has 4 rings (SSSR count). The first-order valence-electron chi connectivity index (χ1n) is 9.84. The lowest BCUT2D eigenvalue weighted by Gasteiger charge is -2.39. The fourth-order valence-electron chi connectivity index (χ4n) is 3.30. The van der Waals surface area contributed by atoms with Gasteiger partial charge in [-0.1, -0.05) is 60.7 Å². The second kappa shape index (κ2) is 9.47. The third kappa shape index (κ3) is 4.82. The Kier molecular flexibility index (Phi) is 6.32. The molecule has 0 radical (unpaired) electrons. The molecule has 2 heterocycles. The average Bonchev–Trinajstić information content (AvgIpc) is 2.75. The summed E-state index contributed by atoms with van der Waals surface area (Å²) in [6.07, 6.45) is 1.88. The third-order valence-corrected chi connectivity index (χ3v) is 4.83. The Hall–Kier alpha value is -3.29. The Balaban J connectivity index is 1.44. The Morgan fingerprint density at radius 1 is 0.967 bits per heavy atom. The summed E-state index contributed by atoms with van der Waals surface area (Å²) in [5.41, 5.74) is 3.76. The fourth-order valence-corrected chi connectivity index (χ4v) is 3.30. The summed E-state index contributed by atoms with van der Waals surface area (Å²) in [7, 11) is 0. The van der Waals surface area contributed by atoms with Crippen molar-refractivity contribution in [3.63, 3.8) is 0 Å². The van der Waals surface area contributed by atoms with E-state index in [1.807, 2.05) is 60.7 Å². The van der Waals surface area contributed by atoms with Gasteiger partial charge >= 0.3 is 5.97 Å². The van der Waals surface area contributed by atoms with Crippen LogP contribution in [-0.4, -0.2) is 60.1 Å². The van der Waals surface area contributed by atoms with E-state index in [-0.39, 0.29) is 19.3 Å². The lowest BCUT2D eigenvalue weighted by Crippen LogP contribution is -2.53. The highest BCUT2D eigenvalue weighted by Crippen LogP contribution is 2.31. The van der Waals surface area contributed by atoms with Crippen molar-refractivity contribution in [3.8, 4) is 22.5 Å². The smallest absolute Gasteiger partial charge is 0.329 e. The van der Waals surface area contributed by atoms with E-state index in [0.29, 0.717) is 19.7 Å². The number of ether oxygens (including phenoxy) is 2. The number of hydrogen-bond donors (Lipinski definition) is 1. The second-order valence-corrected chi connectivity index (χ2v) is 7.00. The zero-order chi connectivity index (χ0) is 20.8. The van der Waals surface area contributed by atoms with Crippen LogP contribution in [0.25, 0.3) is 22.5 Å². The van der Waals surface area contributed by atoms with Gasteiger partial charge in [-0.05, 0) is 0 Å². The molecular formula is C23H23N3O4. The van der Waals surface area contributed by atoms with Crippen molar-refractivity contribution in [1.29, 1.82) is 0 Å². The van der Waals surface area contributed by atoms with Gasteiger partial charge in [-0.15, -0.1) is 0 Å². The van der Waals surface area contributed by atoms with Crippen molar-refractivity contribution >= 4 is 11.8 Å². The number of nitrogens with zero attached hydrogens (tertiary/aromatic N) is 3. The van der Waals surface area contributed by atoms with E-state index in [9.17, 15) is 4.79 Å². The first-order valence-corrected chi connectivity index (χ1v) is 9.84. The number of benzene rings is 2. The van der Waals surface area contributed by atoms with E-state index in [1.165, 1.54) is 0 Å². The molecule has 0 amide bonds. The van der Waals surface area contributed by atoms with E-state index in [2.05, 4.69) is 4.90 Å². The molecule has 7 nitrogen and oxygen atoms in total. The number of carboxylic acid groups (broad SMARTS) is 1. The summed E-state index contributed by atoms with van der Waals surface area (Å²) in [6, 6.07) is 20.1. The van der Waals surface area contributed by atoms with E-state index in [1.54, 1.807) is 6.20 Å². The zero-order valence-corrected chi connectivity index (χ0v) is 16.5. The summed E-state index contributed by atoms with van der Waals surface area (Å²) >= 11 is 0. The lowest BCUT2D eigenvalue weighted by molar-refractivity contribution is -0.143. The summed E-state index contributed by atoms with van der Waals surface area (Å²) in [6.45, 7) is 1.77. The van der Waals surface area contributed by atoms with Crippen molar-refractivity contribution in [2.75, 3.05) is 37.8 Å². The van der Waals surface area contributed by atoms with Gasteiger partial charge in [0.2, 0.25) is 0 Å². The van der Waals surface area contributed by atoms with Crippen molar-refractivity contribution in [2.45, 2.75) is 6.10 Å². The molecule has 0 unspecified atom stereocenters. The van der Waals surface area contributed by atoms with Gasteiger partial charge in [0.05, 0.1) is 36.9 Å². The third-order valence-electron chi connectivity index (χ3n) is 4.83. The second-order valence-electron chi connectivity index (χ2n) is 7.00. The minimum absolute atomic E-state index is 0.0780. The predicted molar refractivity (Wildman–Crippen MR) is 113 cm³/mol. The zero-order valence-electron chi connectivity index (χ0n) is 16.5. The lowest BCUT2D eigenvalue weighted by atomic mass is 10.0. The molecule has 3 aromatic rings. The molecule has 0 saturated carbocycles. The Morgan fingerprint density at radius 3 is 2.23 bits per heavy atom. The topological polar surface area (TPSA) is 84.8 Å². The number of aromatic nitrogens is 2. The van der Waals surface area contributed by atoms with Crippen molar-refractivity contribution in [3.05, 3.63) is 66.9 Å². The molecule has 0 bridgehead atoms. The molecule has 154 valence electrons. The van der Waals surface area contributed by atoms with Gasteiger partial charge in [0, 0.05) is 24.2 Å². The molecule has 0 aliphatic carbocycles. The van der Waals surface area contributed by atoms with Crippen molar-refractivity contribution in [1.82, 2.24) is 9.97 Å². The van der Waals surface area contributed by atoms with E-state index in [4.69, 9.17) is 24.5 Å². The van der Waals surface area contributed by atoms with E-state index >= 15 is 0 Å². The highest BCUT2D eigenvalue weighted by atomic mass is 16.5. The molecular weight excluding hydrogens is 382 g/mol. The number of rotatable bonds is 9. The highest BCUT2D eigenvalue weighted by molar-refractivity contribution is 5.78. The Morgan fingerprint density at radius 2 is 1.60 bits per heavy atom. The van der Waals surface area contributed by atoms with Crippen molar-refractivity contribution in [2.24, 2.45) is 0 Å². The maximum absolute atomic E-state index is 10.4. The molecule has 0 spiro atoms. The largest absolute Gasteiger partial charge is 0.480 e. The van der Waals surface area contributed by atoms with Gasteiger partial charge in [-0.2, -0.15) is 0 Å². The van der Waals surface area contributed by atoms with Gasteiger partial charge in [0.1, 0.15) is 12.4 Å². The van der Waals surface area contributed by atoms with Crippen molar-refractivity contribution < 1.29 is 19.4 Å². The van der Waals surface area contributed by atoms with Gasteiger partial charge in [0.25, 0.3) is 0 Å². The van der Waals surface area contributed by atoms with Gasteiger partial charge in [-0.3, -0.25) is 4.98 Å². The number of hydrogen-bond acceptors (Lipinski definition) is 6. The van der Waals surface area contributed by atoms with Gasteiger partial charge < -0.3 is 19.5 Å². The summed E-state index contributed by atoms with van der Waals surface area (Å²) in [4.78, 5) is 22.2. The van der Waals surface area contributed by atoms with Crippen LogP contribution in [0.2, 0.25) is 0 Å². The maximum Gasteiger partial charge on any atom is 0.329 e. The monoisotopic (exact) mass is 405 g/mol. The van der Waals surface area contributed by atoms with Crippen LogP contribution in [-0.2, 0) is 14.3 Å². The first kappa shape index (κ1) is 20.0. The molecule has 1 aromatic heterocycles. The SMILES string of the molecule is O=C(O)COCCOC1CN(c2cnc(-c3ccccc3)c(-c3ccccc3)n2)C1. The normalized spacial score (nSPS) is 13.8. The fraction of sp³-hybridized carbons (Fsp3) is 0.261. The average molecular weight is 405 g/mol. The molecule has 1 aliphatic heterocycles. The molecule has 0 atom stereocenters. The predicted octanol–water partition coefficient (Wildman–Crippen LogP) is 3.12. The Labute approximate surface area is 174 Å². The first-order chi connectivity index (χ1) is 14.7. The molecule has 1 aliphatic rings. The van der Waals surface area contributed by atoms with Crippen LogP contribution in [0.4, 0.5) is 5.82 Å². The van der Waals surface area contributed by atoms with Gasteiger partial charge in [0.15, 0.2) is 0 Å². The van der Waals surface area contributed by atoms with Crippen LogP contribution < -0.4 is 4.90 Å². The number of anilines is 1. The van der Waals surface area contributed by atoms with Crippen LogP contribution in [0.3, 0.4) is 0 Å². The van der Waals surface area contributed by atoms with Crippen LogP contribution in [0.15, 0.2) is 66.9 Å². The number of carbonyl (C=O) groups is 1. The van der Waals surface area contributed by atoms with Crippen LogP contribution in [0.1, 0.15) is 0 Å². The molecule has 2 aromatic carbocycles. The summed E-state index contributed by atoms with van der Waals surface area (Å²) < 4.78 is 10.7. The molecule has 1 saturated heterocycles.